The van der Waals surface area contributed by atoms with Crippen LogP contribution in [0, 0.1) is 5.41 Å². The highest BCUT2D eigenvalue weighted by Crippen LogP contribution is 2.38. The number of rotatable bonds is 3. The fourth-order valence-corrected chi connectivity index (χ4v) is 4.91. The molecule has 3 saturated heterocycles. The summed E-state index contributed by atoms with van der Waals surface area (Å²) >= 11 is 1.85. The lowest BCUT2D eigenvalue weighted by Gasteiger charge is -2.39. The van der Waals surface area contributed by atoms with Gasteiger partial charge in [0, 0.05) is 49.3 Å². The summed E-state index contributed by atoms with van der Waals surface area (Å²) in [6.07, 6.45) is 5.96. The maximum Gasteiger partial charge on any atom is 0.185 e. The van der Waals surface area contributed by atoms with Crippen molar-refractivity contribution in [1.82, 2.24) is 9.88 Å². The number of hydrogen-bond donors (Lipinski definition) is 0. The second-order valence-corrected chi connectivity index (χ2v) is 7.92. The molecule has 5 nitrogen and oxygen atoms in total. The predicted octanol–water partition coefficient (Wildman–Crippen LogP) is 1.98. The van der Waals surface area contributed by atoms with Gasteiger partial charge in [-0.3, -0.25) is 4.90 Å². The van der Waals surface area contributed by atoms with Gasteiger partial charge in [0.05, 0.1) is 19.8 Å². The number of nitrogens with zero attached hydrogens (tertiary/aromatic N) is 3. The zero-order chi connectivity index (χ0) is 14.8. The molecule has 1 aromatic heterocycles. The van der Waals surface area contributed by atoms with E-state index in [1.807, 2.05) is 11.3 Å². The van der Waals surface area contributed by atoms with E-state index in [0.29, 0.717) is 5.41 Å². The molecule has 1 spiro atoms. The molecule has 0 N–H and O–H groups in total. The van der Waals surface area contributed by atoms with Crippen LogP contribution in [0.25, 0.3) is 0 Å². The number of aromatic nitrogens is 1. The number of morpholine rings is 1. The highest BCUT2D eigenvalue weighted by atomic mass is 32.1. The molecule has 0 bridgehead atoms. The SMILES string of the molecule is c1nc(N2CCOCC2)sc1CN1CCC[C@@]2(CCOC2)C1. The van der Waals surface area contributed by atoms with Gasteiger partial charge in [0.2, 0.25) is 0 Å². The third-order valence-electron chi connectivity index (χ3n) is 5.13. The molecule has 1 aromatic rings. The Bertz CT molecular complexity index is 495. The molecule has 3 aliphatic rings. The standard InChI is InChI=1S/C16H25N3O2S/c1-2-16(3-7-21-13-16)12-18(4-1)11-14-10-17-15(22-14)19-5-8-20-9-6-19/h10H,1-9,11-13H2/t16-/m1/s1. The first kappa shape index (κ1) is 14.9. The average molecular weight is 323 g/mol. The number of thiazole rings is 1. The highest BCUT2D eigenvalue weighted by Gasteiger charge is 2.38. The summed E-state index contributed by atoms with van der Waals surface area (Å²) in [6.45, 7) is 8.95. The third kappa shape index (κ3) is 3.15. The molecule has 0 aliphatic carbocycles. The van der Waals surface area contributed by atoms with E-state index in [-0.39, 0.29) is 0 Å². The minimum absolute atomic E-state index is 0.440. The van der Waals surface area contributed by atoms with E-state index >= 15 is 0 Å². The fraction of sp³-hybridized carbons (Fsp3) is 0.812. The fourth-order valence-electron chi connectivity index (χ4n) is 3.91. The maximum absolute atomic E-state index is 5.66. The van der Waals surface area contributed by atoms with Gasteiger partial charge in [-0.2, -0.15) is 0 Å². The van der Waals surface area contributed by atoms with Crippen molar-refractivity contribution in [3.05, 3.63) is 11.1 Å². The van der Waals surface area contributed by atoms with E-state index < -0.39 is 0 Å². The summed E-state index contributed by atoms with van der Waals surface area (Å²) in [5.41, 5.74) is 0.440. The number of piperidine rings is 1. The summed E-state index contributed by atoms with van der Waals surface area (Å²) in [7, 11) is 0. The van der Waals surface area contributed by atoms with Crippen molar-refractivity contribution in [3.8, 4) is 0 Å². The Balaban J connectivity index is 1.37. The molecule has 0 aromatic carbocycles. The minimum Gasteiger partial charge on any atom is -0.381 e. The van der Waals surface area contributed by atoms with Crippen LogP contribution in [-0.2, 0) is 16.0 Å². The van der Waals surface area contributed by atoms with Gasteiger partial charge in [-0.1, -0.05) is 0 Å². The second kappa shape index (κ2) is 6.43. The lowest BCUT2D eigenvalue weighted by Crippen LogP contribution is -2.43. The van der Waals surface area contributed by atoms with Gasteiger partial charge in [-0.05, 0) is 25.8 Å². The minimum atomic E-state index is 0.440. The van der Waals surface area contributed by atoms with E-state index in [9.17, 15) is 0 Å². The molecule has 122 valence electrons. The Morgan fingerprint density at radius 2 is 2.05 bits per heavy atom. The van der Waals surface area contributed by atoms with Crippen LogP contribution in [0.15, 0.2) is 6.20 Å². The van der Waals surface area contributed by atoms with Crippen LogP contribution >= 0.6 is 11.3 Å². The monoisotopic (exact) mass is 323 g/mol. The van der Waals surface area contributed by atoms with Crippen LogP contribution in [0.3, 0.4) is 0 Å². The first-order valence-electron chi connectivity index (χ1n) is 8.41. The Hall–Kier alpha value is -0.690. The number of hydrogen-bond acceptors (Lipinski definition) is 6. The zero-order valence-corrected chi connectivity index (χ0v) is 13.9. The van der Waals surface area contributed by atoms with Crippen LogP contribution in [0.1, 0.15) is 24.1 Å². The lowest BCUT2D eigenvalue weighted by atomic mass is 9.79. The van der Waals surface area contributed by atoms with E-state index in [0.717, 1.165) is 51.2 Å². The Labute approximate surface area is 136 Å². The van der Waals surface area contributed by atoms with Crippen molar-refractivity contribution in [2.45, 2.75) is 25.8 Å². The van der Waals surface area contributed by atoms with Gasteiger partial charge in [0.25, 0.3) is 0 Å². The van der Waals surface area contributed by atoms with Gasteiger partial charge >= 0.3 is 0 Å². The number of ether oxygens (including phenoxy) is 2. The molecule has 6 heteroatoms. The molecular weight excluding hydrogens is 298 g/mol. The second-order valence-electron chi connectivity index (χ2n) is 6.83. The highest BCUT2D eigenvalue weighted by molar-refractivity contribution is 7.15. The lowest BCUT2D eigenvalue weighted by molar-refractivity contribution is 0.0650. The van der Waals surface area contributed by atoms with Crippen molar-refractivity contribution in [2.75, 3.05) is 57.5 Å². The summed E-state index contributed by atoms with van der Waals surface area (Å²) in [4.78, 5) is 11.0. The third-order valence-corrected chi connectivity index (χ3v) is 6.17. The van der Waals surface area contributed by atoms with Gasteiger partial charge in [-0.15, -0.1) is 11.3 Å². The Kier molecular flexibility index (Phi) is 4.35. The molecular formula is C16H25N3O2S. The first-order chi connectivity index (χ1) is 10.8. The van der Waals surface area contributed by atoms with Crippen molar-refractivity contribution in [3.63, 3.8) is 0 Å². The summed E-state index contributed by atoms with van der Waals surface area (Å²) in [6, 6.07) is 0. The average Bonchev–Trinajstić information content (AvgIpc) is 3.19. The first-order valence-corrected chi connectivity index (χ1v) is 9.22. The van der Waals surface area contributed by atoms with E-state index in [2.05, 4.69) is 21.0 Å². The molecule has 0 radical (unpaired) electrons. The quantitative estimate of drug-likeness (QED) is 0.850. The summed E-state index contributed by atoms with van der Waals surface area (Å²) in [5.74, 6) is 0. The molecule has 0 saturated carbocycles. The number of likely N-dealkylation sites (tertiary alicyclic amines) is 1. The van der Waals surface area contributed by atoms with Crippen molar-refractivity contribution in [1.29, 1.82) is 0 Å². The van der Waals surface area contributed by atoms with Gasteiger partial charge < -0.3 is 14.4 Å². The Morgan fingerprint density at radius 3 is 2.86 bits per heavy atom. The van der Waals surface area contributed by atoms with Crippen LogP contribution in [0.5, 0.6) is 0 Å². The van der Waals surface area contributed by atoms with Gasteiger partial charge in [0.15, 0.2) is 5.13 Å². The van der Waals surface area contributed by atoms with Crippen molar-refractivity contribution >= 4 is 16.5 Å². The van der Waals surface area contributed by atoms with Crippen LogP contribution in [0.4, 0.5) is 5.13 Å². The molecule has 0 amide bonds. The molecule has 4 rings (SSSR count). The maximum atomic E-state index is 5.66. The molecule has 1 atom stereocenters. The van der Waals surface area contributed by atoms with Gasteiger partial charge in [-0.25, -0.2) is 4.98 Å². The van der Waals surface area contributed by atoms with Gasteiger partial charge in [0.1, 0.15) is 0 Å². The molecule has 3 fully saturated rings. The predicted molar refractivity (Wildman–Crippen MR) is 87.5 cm³/mol. The largest absolute Gasteiger partial charge is 0.381 e. The topological polar surface area (TPSA) is 37.8 Å². The molecule has 22 heavy (non-hydrogen) atoms. The molecule has 4 heterocycles. The van der Waals surface area contributed by atoms with Crippen LogP contribution < -0.4 is 4.90 Å². The van der Waals surface area contributed by atoms with Crippen LogP contribution in [0.2, 0.25) is 0 Å². The van der Waals surface area contributed by atoms with E-state index in [1.54, 1.807) is 0 Å². The summed E-state index contributed by atoms with van der Waals surface area (Å²) < 4.78 is 11.1. The van der Waals surface area contributed by atoms with Crippen molar-refractivity contribution < 1.29 is 9.47 Å². The molecule has 0 unspecified atom stereocenters. The van der Waals surface area contributed by atoms with E-state index in [1.165, 1.54) is 37.2 Å². The van der Waals surface area contributed by atoms with Crippen molar-refractivity contribution in [2.24, 2.45) is 5.41 Å². The smallest absolute Gasteiger partial charge is 0.185 e. The van der Waals surface area contributed by atoms with E-state index in [4.69, 9.17) is 9.47 Å². The summed E-state index contributed by atoms with van der Waals surface area (Å²) in [5, 5.41) is 1.16. The zero-order valence-electron chi connectivity index (χ0n) is 13.1. The number of anilines is 1. The van der Waals surface area contributed by atoms with Crippen LogP contribution in [-0.4, -0.2) is 62.5 Å². The Morgan fingerprint density at radius 1 is 1.14 bits per heavy atom. The normalized spacial score (nSPS) is 30.3. The molecule has 3 aliphatic heterocycles.